The van der Waals surface area contributed by atoms with Crippen molar-refractivity contribution in [2.45, 2.75) is 12.8 Å². The Hall–Kier alpha value is -2.72. The van der Waals surface area contributed by atoms with Gasteiger partial charge in [-0.05, 0) is 40.0 Å². The lowest BCUT2D eigenvalue weighted by molar-refractivity contribution is 0.345. The summed E-state index contributed by atoms with van der Waals surface area (Å²) in [6.45, 7) is 5.26. The largest absolute Gasteiger partial charge is 0.380 e. The predicted molar refractivity (Wildman–Crippen MR) is 121 cm³/mol. The summed E-state index contributed by atoms with van der Waals surface area (Å²) >= 11 is 0. The molecule has 1 aliphatic heterocycles. The summed E-state index contributed by atoms with van der Waals surface area (Å²) in [5, 5.41) is 12.3. The molecule has 4 N–H and O–H groups in total. The summed E-state index contributed by atoms with van der Waals surface area (Å²) in [7, 11) is 3.94. The Morgan fingerprint density at radius 3 is 1.13 bits per heavy atom. The van der Waals surface area contributed by atoms with Crippen LogP contribution in [0.15, 0.2) is 19.2 Å². The molecule has 10 nitrogen and oxygen atoms in total. The van der Waals surface area contributed by atoms with Gasteiger partial charge in [-0.3, -0.25) is 19.2 Å². The van der Waals surface area contributed by atoms with Gasteiger partial charge in [-0.2, -0.15) is 0 Å². The number of fused-ring (bicyclic) bond motifs is 2. The molecular formula is C20H30N6O4. The first-order chi connectivity index (χ1) is 14.4. The first-order valence-electron chi connectivity index (χ1n) is 10.4. The lowest BCUT2D eigenvalue weighted by Crippen LogP contribution is -2.40. The van der Waals surface area contributed by atoms with E-state index in [4.69, 9.17) is 0 Å². The molecule has 0 fully saturated rings. The van der Waals surface area contributed by atoms with Gasteiger partial charge in [0.15, 0.2) is 0 Å². The maximum absolute atomic E-state index is 11.8. The minimum atomic E-state index is -0.460. The van der Waals surface area contributed by atoms with Crippen LogP contribution in [0.3, 0.4) is 0 Å². The van der Waals surface area contributed by atoms with Gasteiger partial charge >= 0.3 is 0 Å². The molecule has 0 unspecified atom stereocenters. The Bertz CT molecular complexity index is 921. The quantitative estimate of drug-likeness (QED) is 0.392. The molecule has 0 spiro atoms. The molecule has 1 aliphatic rings. The van der Waals surface area contributed by atoms with E-state index in [1.54, 1.807) is 0 Å². The van der Waals surface area contributed by atoms with Crippen molar-refractivity contribution in [3.8, 4) is 0 Å². The predicted octanol–water partition coefficient (Wildman–Crippen LogP) is -1.12. The number of hydrogen-bond acceptors (Lipinski definition) is 10. The molecule has 2 aromatic carbocycles. The molecule has 2 aromatic rings. The lowest BCUT2D eigenvalue weighted by Gasteiger charge is -2.21. The van der Waals surface area contributed by atoms with Crippen molar-refractivity contribution >= 4 is 22.7 Å². The molecule has 0 saturated carbocycles. The van der Waals surface area contributed by atoms with E-state index >= 15 is 0 Å². The van der Waals surface area contributed by atoms with Crippen LogP contribution in [0.5, 0.6) is 0 Å². The van der Waals surface area contributed by atoms with Gasteiger partial charge in [0, 0.05) is 39.3 Å². The van der Waals surface area contributed by atoms with Crippen LogP contribution >= 0.6 is 0 Å². The summed E-state index contributed by atoms with van der Waals surface area (Å²) in [5.74, 6) is 0. The second-order valence-corrected chi connectivity index (χ2v) is 7.84. The second-order valence-electron chi connectivity index (χ2n) is 7.84. The van der Waals surface area contributed by atoms with Crippen molar-refractivity contribution in [1.82, 2.24) is 9.80 Å². The number of hydrogen-bond donors (Lipinski definition) is 4. The van der Waals surface area contributed by atoms with Crippen molar-refractivity contribution < 1.29 is 0 Å². The molecule has 1 heterocycles. The van der Waals surface area contributed by atoms with Crippen LogP contribution in [0.25, 0.3) is 0 Å². The molecule has 0 aromatic heterocycles. The van der Waals surface area contributed by atoms with Gasteiger partial charge in [-0.15, -0.1) is 0 Å². The molecule has 0 atom stereocenters. The summed E-state index contributed by atoms with van der Waals surface area (Å²) in [5.41, 5.74) is -0.293. The number of nitrogens with one attached hydrogen (secondary N) is 4. The highest BCUT2D eigenvalue weighted by atomic mass is 16.2. The van der Waals surface area contributed by atoms with E-state index in [2.05, 4.69) is 31.1 Å². The zero-order chi connectivity index (χ0) is 21.7. The summed E-state index contributed by atoms with van der Waals surface area (Å²) in [6, 6.07) is 0. The van der Waals surface area contributed by atoms with Crippen LogP contribution in [-0.2, 0) is 0 Å². The Morgan fingerprint density at radius 2 is 0.800 bits per heavy atom. The lowest BCUT2D eigenvalue weighted by atomic mass is 10.2. The maximum atomic E-state index is 11.8. The highest BCUT2D eigenvalue weighted by molar-refractivity contribution is 5.74. The second kappa shape index (κ2) is 9.86. The Kier molecular flexibility index (Phi) is 7.22. The zero-order valence-corrected chi connectivity index (χ0v) is 17.6. The highest BCUT2D eigenvalue weighted by Crippen LogP contribution is 2.15. The van der Waals surface area contributed by atoms with E-state index in [9.17, 15) is 19.2 Å². The SMILES string of the molecule is CN1CCCNc2c(c(=O)c2=O)NCCN(C)CCCNc2c(c(=O)c2=O)NCC1. The summed E-state index contributed by atoms with van der Waals surface area (Å²) in [4.78, 5) is 51.5. The third kappa shape index (κ3) is 4.88. The Labute approximate surface area is 174 Å². The molecule has 0 radical (unpaired) electrons. The van der Waals surface area contributed by atoms with Gasteiger partial charge in [0.05, 0.1) is 0 Å². The van der Waals surface area contributed by atoms with Gasteiger partial charge in [0.1, 0.15) is 22.7 Å². The normalized spacial score (nSPS) is 19.0. The van der Waals surface area contributed by atoms with Crippen molar-refractivity contribution in [2.75, 3.05) is 87.7 Å². The van der Waals surface area contributed by atoms with Crippen molar-refractivity contribution in [3.05, 3.63) is 40.9 Å². The van der Waals surface area contributed by atoms with Crippen LogP contribution in [0.2, 0.25) is 0 Å². The van der Waals surface area contributed by atoms with Gasteiger partial charge in [0.25, 0.3) is 21.7 Å². The summed E-state index contributed by atoms with van der Waals surface area (Å²) < 4.78 is 0. The molecule has 0 amide bonds. The maximum Gasteiger partial charge on any atom is 0.253 e. The van der Waals surface area contributed by atoms with E-state index in [0.717, 1.165) is 25.9 Å². The van der Waals surface area contributed by atoms with E-state index in [1.165, 1.54) is 0 Å². The van der Waals surface area contributed by atoms with Gasteiger partial charge < -0.3 is 31.1 Å². The molecule has 164 valence electrons. The fourth-order valence-electron chi connectivity index (χ4n) is 3.55. The fraction of sp³-hybridized carbons (Fsp3) is 0.600. The van der Waals surface area contributed by atoms with Gasteiger partial charge in [-0.25, -0.2) is 0 Å². The van der Waals surface area contributed by atoms with E-state index in [0.29, 0.717) is 62.0 Å². The first kappa shape index (κ1) is 22.0. The minimum absolute atomic E-state index is 0.384. The van der Waals surface area contributed by atoms with E-state index in [1.807, 2.05) is 14.1 Å². The van der Waals surface area contributed by atoms with Crippen LogP contribution in [0.4, 0.5) is 22.7 Å². The van der Waals surface area contributed by atoms with Crippen LogP contribution in [0.1, 0.15) is 12.8 Å². The number of rotatable bonds is 0. The van der Waals surface area contributed by atoms with E-state index in [-0.39, 0.29) is 0 Å². The smallest absolute Gasteiger partial charge is 0.253 e. The number of anilines is 4. The molecular weight excluding hydrogens is 388 g/mol. The first-order valence-corrected chi connectivity index (χ1v) is 10.4. The monoisotopic (exact) mass is 418 g/mol. The third-order valence-electron chi connectivity index (χ3n) is 5.45. The number of likely N-dealkylation sites (N-methyl/N-ethyl adjacent to an activating group) is 2. The number of nitrogens with zero attached hydrogens (tertiary/aromatic N) is 2. The van der Waals surface area contributed by atoms with Crippen LogP contribution < -0.4 is 43.0 Å². The minimum Gasteiger partial charge on any atom is -0.380 e. The molecule has 30 heavy (non-hydrogen) atoms. The van der Waals surface area contributed by atoms with Gasteiger partial charge in [-0.1, -0.05) is 0 Å². The highest BCUT2D eigenvalue weighted by Gasteiger charge is 2.21. The molecule has 3 rings (SSSR count). The van der Waals surface area contributed by atoms with Crippen molar-refractivity contribution in [1.29, 1.82) is 0 Å². The van der Waals surface area contributed by atoms with Crippen molar-refractivity contribution in [2.24, 2.45) is 0 Å². The zero-order valence-electron chi connectivity index (χ0n) is 17.6. The fourth-order valence-corrected chi connectivity index (χ4v) is 3.55. The molecule has 0 bridgehead atoms. The Balaban J connectivity index is 1.61. The van der Waals surface area contributed by atoms with Gasteiger partial charge in [0.2, 0.25) is 0 Å². The molecule has 0 aliphatic carbocycles. The van der Waals surface area contributed by atoms with E-state index < -0.39 is 21.7 Å². The third-order valence-corrected chi connectivity index (χ3v) is 5.45. The average molecular weight is 418 g/mol. The molecule has 0 saturated heterocycles. The van der Waals surface area contributed by atoms with Crippen LogP contribution in [0, 0.1) is 0 Å². The Morgan fingerprint density at radius 1 is 0.500 bits per heavy atom. The summed E-state index contributed by atoms with van der Waals surface area (Å²) in [6.07, 6.45) is 1.59. The van der Waals surface area contributed by atoms with Crippen molar-refractivity contribution in [3.63, 3.8) is 0 Å². The average Bonchev–Trinajstić information content (AvgIpc) is 2.74. The molecule has 10 heteroatoms. The standard InChI is InChI=1S/C20H30N6O4/c1-25-9-3-5-21-14-16(20(30)18(14)28)24-8-12-26(2)10-4-6-22-13-15(23-7-11-25)19(29)17(13)27/h21-24H,3-12H2,1-2H3. The van der Waals surface area contributed by atoms with Crippen LogP contribution in [-0.4, -0.2) is 76.3 Å². The topological polar surface area (TPSA) is 123 Å².